The van der Waals surface area contributed by atoms with Crippen molar-refractivity contribution in [2.75, 3.05) is 13.1 Å². The summed E-state index contributed by atoms with van der Waals surface area (Å²) in [4.78, 5) is 14.0. The monoisotopic (exact) mass is 296 g/mol. The number of halogens is 1. The fourth-order valence-electron chi connectivity index (χ4n) is 2.22. The smallest absolute Gasteiger partial charge is 0.237 e. The molecule has 1 atom stereocenters. The van der Waals surface area contributed by atoms with E-state index < -0.39 is 0 Å². The third kappa shape index (κ3) is 3.07. The van der Waals surface area contributed by atoms with Crippen LogP contribution >= 0.6 is 15.9 Å². The third-order valence-electron chi connectivity index (χ3n) is 3.13. The SMILES string of the molecule is CCC1C(=O)NCCN1Cc1ccc(Br)cc1. The molecule has 1 aliphatic heterocycles. The van der Waals surface area contributed by atoms with E-state index in [2.05, 4.69) is 45.2 Å². The highest BCUT2D eigenvalue weighted by molar-refractivity contribution is 9.10. The Morgan fingerprint density at radius 1 is 1.41 bits per heavy atom. The van der Waals surface area contributed by atoms with Crippen LogP contribution in [0.25, 0.3) is 0 Å². The molecule has 1 aromatic carbocycles. The fourth-order valence-corrected chi connectivity index (χ4v) is 2.48. The minimum atomic E-state index is 0.0207. The van der Waals surface area contributed by atoms with Crippen LogP contribution < -0.4 is 5.32 Å². The predicted octanol–water partition coefficient (Wildman–Crippen LogP) is 2.16. The summed E-state index contributed by atoms with van der Waals surface area (Å²) in [6, 6.07) is 8.31. The quantitative estimate of drug-likeness (QED) is 0.927. The van der Waals surface area contributed by atoms with Gasteiger partial charge in [-0.2, -0.15) is 0 Å². The molecule has 1 N–H and O–H groups in total. The normalized spacial score (nSPS) is 21.3. The lowest BCUT2D eigenvalue weighted by Crippen LogP contribution is -2.54. The maximum Gasteiger partial charge on any atom is 0.237 e. The largest absolute Gasteiger partial charge is 0.353 e. The number of hydrogen-bond donors (Lipinski definition) is 1. The number of carbonyl (C=O) groups excluding carboxylic acids is 1. The number of benzene rings is 1. The molecule has 0 saturated carbocycles. The van der Waals surface area contributed by atoms with Crippen LogP contribution in [-0.4, -0.2) is 29.9 Å². The van der Waals surface area contributed by atoms with Crippen LogP contribution in [0.15, 0.2) is 28.7 Å². The lowest BCUT2D eigenvalue weighted by atomic mass is 10.1. The van der Waals surface area contributed by atoms with Gasteiger partial charge in [0.05, 0.1) is 6.04 Å². The Morgan fingerprint density at radius 2 is 2.12 bits per heavy atom. The van der Waals surface area contributed by atoms with Crippen molar-refractivity contribution in [1.29, 1.82) is 0 Å². The minimum absolute atomic E-state index is 0.0207. The molecule has 1 aliphatic rings. The molecule has 1 fully saturated rings. The first-order chi connectivity index (χ1) is 8.20. The summed E-state index contributed by atoms with van der Waals surface area (Å²) in [6.45, 7) is 4.59. The van der Waals surface area contributed by atoms with Gasteiger partial charge in [0, 0.05) is 24.1 Å². The zero-order valence-electron chi connectivity index (χ0n) is 9.95. The molecule has 3 nitrogen and oxygen atoms in total. The second kappa shape index (κ2) is 5.65. The molecule has 1 amide bonds. The van der Waals surface area contributed by atoms with Gasteiger partial charge in [-0.15, -0.1) is 0 Å². The first-order valence-electron chi connectivity index (χ1n) is 5.97. The van der Waals surface area contributed by atoms with Crippen LogP contribution in [0.1, 0.15) is 18.9 Å². The van der Waals surface area contributed by atoms with E-state index in [0.29, 0.717) is 0 Å². The van der Waals surface area contributed by atoms with Crippen molar-refractivity contribution in [3.8, 4) is 0 Å². The topological polar surface area (TPSA) is 32.3 Å². The molecule has 2 rings (SSSR count). The Balaban J connectivity index is 2.06. The highest BCUT2D eigenvalue weighted by Crippen LogP contribution is 2.16. The van der Waals surface area contributed by atoms with E-state index in [4.69, 9.17) is 0 Å². The van der Waals surface area contributed by atoms with E-state index in [1.54, 1.807) is 0 Å². The van der Waals surface area contributed by atoms with E-state index >= 15 is 0 Å². The Bertz CT molecular complexity index is 391. The van der Waals surface area contributed by atoms with E-state index in [9.17, 15) is 4.79 Å². The van der Waals surface area contributed by atoms with Crippen LogP contribution in [0.5, 0.6) is 0 Å². The lowest BCUT2D eigenvalue weighted by molar-refractivity contribution is -0.129. The lowest BCUT2D eigenvalue weighted by Gasteiger charge is -2.34. The minimum Gasteiger partial charge on any atom is -0.353 e. The highest BCUT2D eigenvalue weighted by atomic mass is 79.9. The Morgan fingerprint density at radius 3 is 2.76 bits per heavy atom. The first-order valence-corrected chi connectivity index (χ1v) is 6.76. The predicted molar refractivity (Wildman–Crippen MR) is 71.6 cm³/mol. The molecule has 0 aromatic heterocycles. The maximum absolute atomic E-state index is 11.7. The van der Waals surface area contributed by atoms with Gasteiger partial charge >= 0.3 is 0 Å². The molecule has 1 heterocycles. The van der Waals surface area contributed by atoms with Crippen LogP contribution in [0.3, 0.4) is 0 Å². The molecular weight excluding hydrogens is 280 g/mol. The van der Waals surface area contributed by atoms with Gasteiger partial charge in [0.25, 0.3) is 0 Å². The van der Waals surface area contributed by atoms with Gasteiger partial charge in [-0.05, 0) is 24.1 Å². The van der Waals surface area contributed by atoms with Gasteiger partial charge < -0.3 is 5.32 Å². The molecular formula is C13H17BrN2O. The Labute approximate surface area is 110 Å². The van der Waals surface area contributed by atoms with Gasteiger partial charge in [0.1, 0.15) is 0 Å². The van der Waals surface area contributed by atoms with Gasteiger partial charge in [0.15, 0.2) is 0 Å². The Hall–Kier alpha value is -0.870. The van der Waals surface area contributed by atoms with Crippen molar-refractivity contribution in [1.82, 2.24) is 10.2 Å². The maximum atomic E-state index is 11.7. The summed E-state index contributed by atoms with van der Waals surface area (Å²) in [6.07, 6.45) is 0.863. The summed E-state index contributed by atoms with van der Waals surface area (Å²) >= 11 is 3.43. The number of nitrogens with one attached hydrogen (secondary N) is 1. The summed E-state index contributed by atoms with van der Waals surface area (Å²) < 4.78 is 1.09. The van der Waals surface area contributed by atoms with Gasteiger partial charge in [-0.25, -0.2) is 0 Å². The number of amides is 1. The summed E-state index contributed by atoms with van der Waals surface area (Å²) in [5.41, 5.74) is 1.25. The van der Waals surface area contributed by atoms with Gasteiger partial charge in [0.2, 0.25) is 5.91 Å². The van der Waals surface area contributed by atoms with Crippen LogP contribution in [0.4, 0.5) is 0 Å². The van der Waals surface area contributed by atoms with Crippen molar-refractivity contribution < 1.29 is 4.79 Å². The molecule has 92 valence electrons. The second-order valence-corrected chi connectivity index (χ2v) is 5.23. The fraction of sp³-hybridized carbons (Fsp3) is 0.462. The van der Waals surface area contributed by atoms with E-state index in [-0.39, 0.29) is 11.9 Å². The zero-order chi connectivity index (χ0) is 12.3. The Kier molecular flexibility index (Phi) is 4.18. The summed E-state index contributed by atoms with van der Waals surface area (Å²) in [5.74, 6) is 0.163. The highest BCUT2D eigenvalue weighted by Gasteiger charge is 2.27. The summed E-state index contributed by atoms with van der Waals surface area (Å²) in [5, 5.41) is 2.92. The number of nitrogens with zero attached hydrogens (tertiary/aromatic N) is 1. The van der Waals surface area contributed by atoms with Crippen molar-refractivity contribution in [3.63, 3.8) is 0 Å². The average Bonchev–Trinajstić information content (AvgIpc) is 2.32. The van der Waals surface area contributed by atoms with Crippen molar-refractivity contribution in [3.05, 3.63) is 34.3 Å². The van der Waals surface area contributed by atoms with Crippen molar-refractivity contribution in [2.24, 2.45) is 0 Å². The standard InChI is InChI=1S/C13H17BrN2O/c1-2-12-13(17)15-7-8-16(12)9-10-3-5-11(14)6-4-10/h3-6,12H,2,7-9H2,1H3,(H,15,17). The molecule has 0 bridgehead atoms. The van der Waals surface area contributed by atoms with E-state index in [0.717, 1.165) is 30.5 Å². The number of hydrogen-bond acceptors (Lipinski definition) is 2. The van der Waals surface area contributed by atoms with Crippen molar-refractivity contribution in [2.45, 2.75) is 25.9 Å². The van der Waals surface area contributed by atoms with Gasteiger partial charge in [-0.1, -0.05) is 35.0 Å². The van der Waals surface area contributed by atoms with Gasteiger partial charge in [-0.3, -0.25) is 9.69 Å². The summed E-state index contributed by atoms with van der Waals surface area (Å²) in [7, 11) is 0. The van der Waals surface area contributed by atoms with E-state index in [1.165, 1.54) is 5.56 Å². The van der Waals surface area contributed by atoms with Crippen LogP contribution in [0, 0.1) is 0 Å². The molecule has 1 aromatic rings. The molecule has 0 spiro atoms. The second-order valence-electron chi connectivity index (χ2n) is 4.31. The molecule has 0 radical (unpaired) electrons. The molecule has 0 aliphatic carbocycles. The number of piperazine rings is 1. The number of carbonyl (C=O) groups is 1. The molecule has 1 unspecified atom stereocenters. The van der Waals surface area contributed by atoms with Crippen LogP contribution in [0.2, 0.25) is 0 Å². The zero-order valence-corrected chi connectivity index (χ0v) is 11.5. The molecule has 17 heavy (non-hydrogen) atoms. The van der Waals surface area contributed by atoms with Crippen LogP contribution in [-0.2, 0) is 11.3 Å². The average molecular weight is 297 g/mol. The van der Waals surface area contributed by atoms with Crippen molar-refractivity contribution >= 4 is 21.8 Å². The molecule has 1 saturated heterocycles. The number of rotatable bonds is 3. The third-order valence-corrected chi connectivity index (χ3v) is 3.66. The molecule has 4 heteroatoms. The van der Waals surface area contributed by atoms with E-state index in [1.807, 2.05) is 12.1 Å². The first kappa shape index (κ1) is 12.6.